The van der Waals surface area contributed by atoms with Crippen molar-refractivity contribution in [2.24, 2.45) is 0 Å². The zero-order valence-electron chi connectivity index (χ0n) is 16.4. The third kappa shape index (κ3) is 3.64. The molecule has 0 saturated carbocycles. The number of carbonyl (C=O) groups is 3. The van der Waals surface area contributed by atoms with Crippen molar-refractivity contribution in [1.82, 2.24) is 5.32 Å². The first-order valence-electron chi connectivity index (χ1n) is 8.68. The second-order valence-electron chi connectivity index (χ2n) is 6.20. The van der Waals surface area contributed by atoms with Crippen LogP contribution in [-0.4, -0.2) is 39.2 Å². The molecule has 0 aliphatic carbocycles. The topological polar surface area (TPSA) is 94.2 Å². The predicted molar refractivity (Wildman–Crippen MR) is 106 cm³/mol. The highest BCUT2D eigenvalue weighted by Gasteiger charge is 2.37. The van der Waals surface area contributed by atoms with Crippen LogP contribution in [0.5, 0.6) is 17.2 Å². The molecule has 0 atom stereocenters. The van der Waals surface area contributed by atoms with Crippen LogP contribution in [0.3, 0.4) is 0 Å². The minimum atomic E-state index is -0.795. The van der Waals surface area contributed by atoms with Crippen molar-refractivity contribution in [3.05, 3.63) is 53.1 Å². The van der Waals surface area contributed by atoms with Crippen LogP contribution in [0.1, 0.15) is 11.1 Å². The van der Waals surface area contributed by atoms with Gasteiger partial charge in [0.25, 0.3) is 11.8 Å². The molecule has 0 spiro atoms. The number of imide groups is 2. The fourth-order valence-electron chi connectivity index (χ4n) is 3.04. The molecule has 8 heteroatoms. The number of ether oxygens (including phenoxy) is 3. The van der Waals surface area contributed by atoms with Gasteiger partial charge in [0.1, 0.15) is 5.57 Å². The van der Waals surface area contributed by atoms with Gasteiger partial charge in [-0.15, -0.1) is 0 Å². The maximum atomic E-state index is 13.0. The second kappa shape index (κ2) is 8.05. The van der Waals surface area contributed by atoms with Gasteiger partial charge in [0, 0.05) is 0 Å². The largest absolute Gasteiger partial charge is 0.493 e. The monoisotopic (exact) mass is 396 g/mol. The molecule has 29 heavy (non-hydrogen) atoms. The number of para-hydroxylation sites is 1. The van der Waals surface area contributed by atoms with Gasteiger partial charge >= 0.3 is 6.03 Å². The van der Waals surface area contributed by atoms with Crippen molar-refractivity contribution >= 4 is 29.6 Å². The highest BCUT2D eigenvalue weighted by Crippen LogP contribution is 2.39. The van der Waals surface area contributed by atoms with E-state index in [1.54, 1.807) is 43.3 Å². The lowest BCUT2D eigenvalue weighted by molar-refractivity contribution is -0.122. The Kier molecular flexibility index (Phi) is 5.54. The van der Waals surface area contributed by atoms with Crippen LogP contribution < -0.4 is 24.4 Å². The molecule has 0 unspecified atom stereocenters. The number of hydrogen-bond donors (Lipinski definition) is 1. The number of amides is 4. The second-order valence-corrected chi connectivity index (χ2v) is 6.20. The van der Waals surface area contributed by atoms with Gasteiger partial charge in [0.15, 0.2) is 11.5 Å². The summed E-state index contributed by atoms with van der Waals surface area (Å²) in [5, 5.41) is 2.21. The molecule has 2 aromatic carbocycles. The highest BCUT2D eigenvalue weighted by molar-refractivity contribution is 6.39. The summed E-state index contributed by atoms with van der Waals surface area (Å²) >= 11 is 0. The van der Waals surface area contributed by atoms with Crippen molar-refractivity contribution in [3.8, 4) is 17.2 Å². The van der Waals surface area contributed by atoms with Crippen molar-refractivity contribution in [1.29, 1.82) is 0 Å². The summed E-state index contributed by atoms with van der Waals surface area (Å²) in [7, 11) is 4.40. The number of benzene rings is 2. The smallest absolute Gasteiger partial charge is 0.335 e. The predicted octanol–water partition coefficient (Wildman–Crippen LogP) is 2.69. The van der Waals surface area contributed by atoms with Crippen LogP contribution in [0.4, 0.5) is 10.5 Å². The van der Waals surface area contributed by atoms with Crippen LogP contribution in [0.15, 0.2) is 42.0 Å². The fourth-order valence-corrected chi connectivity index (χ4v) is 3.04. The Labute approximate surface area is 167 Å². The molecule has 1 saturated heterocycles. The summed E-state index contributed by atoms with van der Waals surface area (Å²) in [6.07, 6.45) is 1.37. The fraction of sp³-hybridized carbons (Fsp3) is 0.190. The Morgan fingerprint density at radius 2 is 1.55 bits per heavy atom. The lowest BCUT2D eigenvalue weighted by Crippen LogP contribution is -2.54. The molecular weight excluding hydrogens is 376 g/mol. The third-order valence-electron chi connectivity index (χ3n) is 4.46. The SMILES string of the molecule is COc1cc(/C=C2\C(=O)NC(=O)N(c3ccccc3C)C2=O)cc(OC)c1OC. The van der Waals surface area contributed by atoms with E-state index in [-0.39, 0.29) is 5.57 Å². The van der Waals surface area contributed by atoms with E-state index in [4.69, 9.17) is 14.2 Å². The lowest BCUT2D eigenvalue weighted by atomic mass is 10.0. The number of carbonyl (C=O) groups excluding carboxylic acids is 3. The zero-order valence-corrected chi connectivity index (χ0v) is 16.4. The quantitative estimate of drug-likeness (QED) is 0.617. The van der Waals surface area contributed by atoms with Gasteiger partial charge < -0.3 is 14.2 Å². The summed E-state index contributed by atoms with van der Waals surface area (Å²) in [6.45, 7) is 1.77. The number of rotatable bonds is 5. The van der Waals surface area contributed by atoms with Crippen LogP contribution in [0.25, 0.3) is 6.08 Å². The number of aryl methyl sites for hydroxylation is 1. The summed E-state index contributed by atoms with van der Waals surface area (Å²) in [5.74, 6) is -0.378. The van der Waals surface area contributed by atoms with E-state index in [9.17, 15) is 14.4 Å². The average Bonchev–Trinajstić information content (AvgIpc) is 2.71. The minimum absolute atomic E-state index is 0.192. The maximum Gasteiger partial charge on any atom is 0.335 e. The van der Waals surface area contributed by atoms with Crippen molar-refractivity contribution in [3.63, 3.8) is 0 Å². The number of barbiturate groups is 1. The molecule has 1 aliphatic rings. The van der Waals surface area contributed by atoms with Crippen LogP contribution >= 0.6 is 0 Å². The molecule has 1 aliphatic heterocycles. The zero-order chi connectivity index (χ0) is 21.1. The molecule has 0 radical (unpaired) electrons. The number of nitrogens with one attached hydrogen (secondary N) is 1. The summed E-state index contributed by atoms with van der Waals surface area (Å²) < 4.78 is 15.9. The van der Waals surface area contributed by atoms with E-state index in [1.807, 2.05) is 0 Å². The number of methoxy groups -OCH3 is 3. The molecule has 1 fully saturated rings. The van der Waals surface area contributed by atoms with Crippen LogP contribution in [-0.2, 0) is 9.59 Å². The Morgan fingerprint density at radius 3 is 2.10 bits per heavy atom. The van der Waals surface area contributed by atoms with E-state index in [2.05, 4.69) is 5.32 Å². The van der Waals surface area contributed by atoms with E-state index in [1.165, 1.54) is 27.4 Å². The van der Waals surface area contributed by atoms with Gasteiger partial charge in [-0.25, -0.2) is 9.69 Å². The Balaban J connectivity index is 2.09. The highest BCUT2D eigenvalue weighted by atomic mass is 16.5. The minimum Gasteiger partial charge on any atom is -0.493 e. The molecule has 150 valence electrons. The standard InChI is InChI=1S/C21H20N2O6/c1-12-7-5-6-8-15(12)23-20(25)14(19(24)22-21(23)26)9-13-10-16(27-2)18(29-4)17(11-13)28-3/h5-11H,1-4H3,(H,22,24,26)/b14-9+. The Morgan fingerprint density at radius 1 is 0.931 bits per heavy atom. The molecule has 8 nitrogen and oxygen atoms in total. The maximum absolute atomic E-state index is 13.0. The van der Waals surface area contributed by atoms with Gasteiger partial charge in [-0.2, -0.15) is 0 Å². The van der Waals surface area contributed by atoms with Crippen molar-refractivity contribution in [2.45, 2.75) is 6.92 Å². The van der Waals surface area contributed by atoms with Gasteiger partial charge in [0.2, 0.25) is 5.75 Å². The van der Waals surface area contributed by atoms with E-state index < -0.39 is 17.8 Å². The first kappa shape index (κ1) is 19.9. The molecule has 3 rings (SSSR count). The normalized spacial score (nSPS) is 15.4. The molecule has 0 aromatic heterocycles. The third-order valence-corrected chi connectivity index (χ3v) is 4.46. The summed E-state index contributed by atoms with van der Waals surface area (Å²) in [4.78, 5) is 38.7. The summed E-state index contributed by atoms with van der Waals surface area (Å²) in [6, 6.07) is 9.32. The average molecular weight is 396 g/mol. The van der Waals surface area contributed by atoms with Crippen LogP contribution in [0, 0.1) is 6.92 Å². The van der Waals surface area contributed by atoms with Crippen molar-refractivity contribution in [2.75, 3.05) is 26.2 Å². The first-order chi connectivity index (χ1) is 13.9. The van der Waals surface area contributed by atoms with Gasteiger partial charge in [-0.1, -0.05) is 18.2 Å². The van der Waals surface area contributed by atoms with E-state index in [0.717, 1.165) is 10.5 Å². The van der Waals surface area contributed by atoms with Crippen LogP contribution in [0.2, 0.25) is 0 Å². The number of hydrogen-bond acceptors (Lipinski definition) is 6. The van der Waals surface area contributed by atoms with E-state index in [0.29, 0.717) is 28.5 Å². The number of urea groups is 1. The molecule has 1 N–H and O–H groups in total. The van der Waals surface area contributed by atoms with Gasteiger partial charge in [-0.05, 0) is 42.3 Å². The Bertz CT molecular complexity index is 1000. The molecule has 1 heterocycles. The van der Waals surface area contributed by atoms with Gasteiger partial charge in [0.05, 0.1) is 27.0 Å². The van der Waals surface area contributed by atoms with E-state index >= 15 is 0 Å². The molecule has 2 aromatic rings. The number of nitrogens with zero attached hydrogens (tertiary/aromatic N) is 1. The van der Waals surface area contributed by atoms with Gasteiger partial charge in [-0.3, -0.25) is 14.9 Å². The Hall–Kier alpha value is -3.81. The molecule has 4 amide bonds. The number of anilines is 1. The lowest BCUT2D eigenvalue weighted by Gasteiger charge is -2.27. The first-order valence-corrected chi connectivity index (χ1v) is 8.68. The summed E-state index contributed by atoms with van der Waals surface area (Å²) in [5.41, 5.74) is 1.40. The van der Waals surface area contributed by atoms with Crippen molar-refractivity contribution < 1.29 is 28.6 Å². The molecular formula is C21H20N2O6. The molecule has 0 bridgehead atoms.